The van der Waals surface area contributed by atoms with Crippen molar-refractivity contribution in [3.8, 4) is 0 Å². The highest BCUT2D eigenvalue weighted by atomic mass is 16.8. The van der Waals surface area contributed by atoms with E-state index in [1.807, 2.05) is 0 Å². The molecule has 0 radical (unpaired) electrons. The molecule has 0 unspecified atom stereocenters. The number of hydrogen-bond donors (Lipinski definition) is 3. The van der Waals surface area contributed by atoms with Gasteiger partial charge in [0.05, 0.1) is 13.2 Å². The summed E-state index contributed by atoms with van der Waals surface area (Å²) in [6, 6.07) is 12.8. The van der Waals surface area contributed by atoms with Crippen LogP contribution in [-0.4, -0.2) is 103 Å². The van der Waals surface area contributed by atoms with Crippen molar-refractivity contribution in [3.05, 3.63) is 76.9 Å². The van der Waals surface area contributed by atoms with Crippen molar-refractivity contribution in [2.45, 2.75) is 69.9 Å². The first-order chi connectivity index (χ1) is 24.5. The maximum atomic E-state index is 14.4. The van der Waals surface area contributed by atoms with Crippen LogP contribution >= 0.6 is 0 Å². The van der Waals surface area contributed by atoms with Gasteiger partial charge in [0.2, 0.25) is 12.0 Å². The Morgan fingerprint density at radius 2 is 1.84 bits per heavy atom. The minimum atomic E-state index is -1.40. The fraction of sp³-hybridized carbons (Fsp3) is 0.472. The Morgan fingerprint density at radius 1 is 1.04 bits per heavy atom. The number of nitrogens with one attached hydrogen (secondary N) is 2. The Balaban J connectivity index is 1.12. The lowest BCUT2D eigenvalue weighted by atomic mass is 9.62. The van der Waals surface area contributed by atoms with Crippen LogP contribution in [0.5, 0.6) is 0 Å². The number of amides is 2. The van der Waals surface area contributed by atoms with Crippen molar-refractivity contribution < 1.29 is 57.6 Å². The summed E-state index contributed by atoms with van der Waals surface area (Å²) in [6.07, 6.45) is -1.04. The van der Waals surface area contributed by atoms with Crippen LogP contribution < -0.4 is 10.6 Å². The van der Waals surface area contributed by atoms with E-state index >= 15 is 0 Å². The number of aliphatic hydroxyl groups excluding tert-OH is 1. The zero-order valence-corrected chi connectivity index (χ0v) is 28.1. The van der Waals surface area contributed by atoms with Crippen LogP contribution in [0.25, 0.3) is 6.08 Å². The first-order valence-corrected chi connectivity index (χ1v) is 16.8. The quantitative estimate of drug-likeness (QED) is 0.169. The van der Waals surface area contributed by atoms with Crippen LogP contribution in [-0.2, 0) is 60.8 Å². The zero-order chi connectivity index (χ0) is 35.9. The molecule has 2 aromatic carbocycles. The Morgan fingerprint density at radius 3 is 2.63 bits per heavy atom. The summed E-state index contributed by atoms with van der Waals surface area (Å²) in [4.78, 5) is 72.0. The Labute approximate surface area is 293 Å². The van der Waals surface area contributed by atoms with E-state index < -0.39 is 71.2 Å². The average molecular weight is 706 g/mol. The van der Waals surface area contributed by atoms with Gasteiger partial charge in [0.15, 0.2) is 6.04 Å². The summed E-state index contributed by atoms with van der Waals surface area (Å²) in [6.45, 7) is 3.67. The highest BCUT2D eigenvalue weighted by Crippen LogP contribution is 2.55. The number of hydroxylamine groups is 2. The monoisotopic (exact) mass is 705 g/mol. The third-order valence-electron chi connectivity index (χ3n) is 10.1. The maximum absolute atomic E-state index is 14.4. The van der Waals surface area contributed by atoms with E-state index in [2.05, 4.69) is 10.6 Å². The number of ether oxygens (including phenoxy) is 5. The molecule has 15 nitrogen and oxygen atoms in total. The third kappa shape index (κ3) is 6.40. The molecule has 2 bridgehead atoms. The molecule has 3 N–H and O–H groups in total. The second kappa shape index (κ2) is 13.8. The van der Waals surface area contributed by atoms with Gasteiger partial charge < -0.3 is 39.4 Å². The molecule has 270 valence electrons. The molecular weight excluding hydrogens is 666 g/mol. The van der Waals surface area contributed by atoms with Gasteiger partial charge in [0.1, 0.15) is 43.2 Å². The molecule has 7 rings (SSSR count). The van der Waals surface area contributed by atoms with Crippen LogP contribution in [0.15, 0.2) is 54.6 Å². The number of esters is 3. The molecule has 7 atom stereocenters. The molecule has 4 aliphatic heterocycles. The lowest BCUT2D eigenvalue weighted by molar-refractivity contribution is -0.201. The second-order valence-corrected chi connectivity index (χ2v) is 13.9. The lowest BCUT2D eigenvalue weighted by Gasteiger charge is -2.48. The van der Waals surface area contributed by atoms with Gasteiger partial charge in [0.25, 0.3) is 5.91 Å². The summed E-state index contributed by atoms with van der Waals surface area (Å²) in [7, 11) is 0. The molecule has 2 aromatic rings. The number of benzene rings is 2. The Bertz CT molecular complexity index is 1760. The molecule has 5 aliphatic rings. The summed E-state index contributed by atoms with van der Waals surface area (Å²) in [5.74, 6) is -2.74. The fourth-order valence-corrected chi connectivity index (χ4v) is 7.53. The Hall–Kier alpha value is -4.67. The van der Waals surface area contributed by atoms with Gasteiger partial charge in [-0.1, -0.05) is 50.2 Å². The Kier molecular flexibility index (Phi) is 9.41. The van der Waals surface area contributed by atoms with Crippen LogP contribution in [0, 0.1) is 10.8 Å². The number of aliphatic hydroxyl groups is 1. The SMILES string of the molecule is CC1(C)COC(=O)[C@@H]1OC(=O)C=Cc1ccccc1CN1O[C@@H]2[C@H]3OCO[C@H]3[C@@H]3C[C@]2(C(=O)NCc2cccc(C(=O)NCCO)c2)[C@@H]1C(=O)O3. The fourth-order valence-electron chi connectivity index (χ4n) is 7.53. The van der Waals surface area contributed by atoms with Crippen LogP contribution in [0.4, 0.5) is 0 Å². The van der Waals surface area contributed by atoms with Gasteiger partial charge in [0, 0.05) is 36.6 Å². The molecule has 1 saturated carbocycles. The normalized spacial score (nSPS) is 30.4. The molecule has 51 heavy (non-hydrogen) atoms. The molecule has 1 aliphatic carbocycles. The van der Waals surface area contributed by atoms with Crippen molar-refractivity contribution in [3.63, 3.8) is 0 Å². The smallest absolute Gasteiger partial charge is 0.348 e. The van der Waals surface area contributed by atoms with Crippen molar-refractivity contribution in [1.82, 2.24) is 15.7 Å². The van der Waals surface area contributed by atoms with E-state index in [-0.39, 0.29) is 52.0 Å². The summed E-state index contributed by atoms with van der Waals surface area (Å²) in [5, 5.41) is 16.1. The van der Waals surface area contributed by atoms with Crippen LogP contribution in [0.1, 0.15) is 47.3 Å². The second-order valence-electron chi connectivity index (χ2n) is 13.9. The van der Waals surface area contributed by atoms with Crippen molar-refractivity contribution in [2.24, 2.45) is 10.8 Å². The molecule has 4 heterocycles. The van der Waals surface area contributed by atoms with Gasteiger partial charge in [-0.2, -0.15) is 5.06 Å². The maximum Gasteiger partial charge on any atom is 0.348 e. The average Bonchev–Trinajstić information content (AvgIpc) is 3.81. The minimum Gasteiger partial charge on any atom is -0.462 e. The van der Waals surface area contributed by atoms with Gasteiger partial charge >= 0.3 is 17.9 Å². The molecule has 5 fully saturated rings. The molecule has 0 aromatic heterocycles. The van der Waals surface area contributed by atoms with Gasteiger partial charge in [-0.15, -0.1) is 0 Å². The van der Waals surface area contributed by atoms with E-state index in [9.17, 15) is 24.0 Å². The number of rotatable bonds is 11. The number of hydrogen-bond acceptors (Lipinski definition) is 13. The van der Waals surface area contributed by atoms with E-state index in [1.165, 1.54) is 11.1 Å². The summed E-state index contributed by atoms with van der Waals surface area (Å²) >= 11 is 0. The molecule has 0 spiro atoms. The highest BCUT2D eigenvalue weighted by Gasteiger charge is 2.74. The third-order valence-corrected chi connectivity index (χ3v) is 10.1. The number of fused-ring (bicyclic) bond motifs is 4. The predicted molar refractivity (Wildman–Crippen MR) is 174 cm³/mol. The standard InChI is InChI=1S/C36H39N3O12/c1-35(2)18-46-33(44)30(35)50-25(41)11-10-21-7-3-4-8-23(21)17-39-28-32(43)49-24-15-36(28,29(51-39)27-26(24)47-19-48-27)34(45)38-16-20-6-5-9-22(14-20)31(42)37-12-13-40/h3-11,14,24,26-30,40H,12-13,15-19H2,1-2H3,(H,37,42)(H,38,45)/t24-,26-,27-,28-,29+,30-,36-/m0/s1. The predicted octanol–water partition coefficient (Wildman–Crippen LogP) is 0.775. The minimum absolute atomic E-state index is 0.0384. The van der Waals surface area contributed by atoms with E-state index in [0.717, 1.165) is 0 Å². The topological polar surface area (TPSA) is 188 Å². The van der Waals surface area contributed by atoms with Gasteiger partial charge in [-0.05, 0) is 34.9 Å². The highest BCUT2D eigenvalue weighted by molar-refractivity contribution is 5.95. The van der Waals surface area contributed by atoms with E-state index in [0.29, 0.717) is 22.3 Å². The number of cyclic esters (lactones) is 1. The van der Waals surface area contributed by atoms with Crippen LogP contribution in [0.2, 0.25) is 0 Å². The molecular formula is C36H39N3O12. The van der Waals surface area contributed by atoms with Gasteiger partial charge in [-0.25, -0.2) is 9.59 Å². The lowest BCUT2D eigenvalue weighted by Crippen LogP contribution is -2.69. The summed E-state index contributed by atoms with van der Waals surface area (Å²) in [5.41, 5.74) is 0.241. The molecule has 4 saturated heterocycles. The van der Waals surface area contributed by atoms with Gasteiger partial charge in [-0.3, -0.25) is 19.2 Å². The van der Waals surface area contributed by atoms with E-state index in [4.69, 9.17) is 33.6 Å². The molecule has 15 heteroatoms. The summed E-state index contributed by atoms with van der Waals surface area (Å²) < 4.78 is 28.1. The van der Waals surface area contributed by atoms with Crippen molar-refractivity contribution in [1.29, 1.82) is 0 Å². The number of carbonyl (C=O) groups is 5. The van der Waals surface area contributed by atoms with Crippen LogP contribution in [0.3, 0.4) is 0 Å². The zero-order valence-electron chi connectivity index (χ0n) is 28.1. The first kappa shape index (κ1) is 34.8. The molecule has 2 amide bonds. The number of carbonyl (C=O) groups excluding carboxylic acids is 5. The van der Waals surface area contributed by atoms with E-state index in [1.54, 1.807) is 68.5 Å². The first-order valence-electron chi connectivity index (χ1n) is 16.8. The van der Waals surface area contributed by atoms with Crippen molar-refractivity contribution >= 4 is 35.8 Å². The largest absolute Gasteiger partial charge is 0.462 e. The number of nitrogens with zero attached hydrogens (tertiary/aromatic N) is 1. The van der Waals surface area contributed by atoms with Crippen molar-refractivity contribution in [2.75, 3.05) is 26.6 Å².